The summed E-state index contributed by atoms with van der Waals surface area (Å²) < 4.78 is 5.25. The van der Waals surface area contributed by atoms with Gasteiger partial charge in [-0.05, 0) is 12.5 Å². The standard InChI is InChI=1S/C14H16N2O2S/c1-14(9-18-2,11-6-4-3-5-7-11)16-13(17)12-8-19-10-15-12/h3-8,10H,9H2,1-2H3,(H,16,17). The third-order valence-corrected chi connectivity index (χ3v) is 3.48. The van der Waals surface area contributed by atoms with Gasteiger partial charge < -0.3 is 10.1 Å². The zero-order valence-corrected chi connectivity index (χ0v) is 11.7. The van der Waals surface area contributed by atoms with Gasteiger partial charge in [0.1, 0.15) is 5.69 Å². The van der Waals surface area contributed by atoms with Gasteiger partial charge in [-0.1, -0.05) is 30.3 Å². The highest BCUT2D eigenvalue weighted by atomic mass is 32.1. The minimum atomic E-state index is -0.573. The van der Waals surface area contributed by atoms with Crippen molar-refractivity contribution in [3.63, 3.8) is 0 Å². The number of ether oxygens (including phenoxy) is 1. The Kier molecular flexibility index (Phi) is 4.29. The lowest BCUT2D eigenvalue weighted by Gasteiger charge is -2.30. The molecule has 0 saturated carbocycles. The van der Waals surface area contributed by atoms with E-state index in [1.165, 1.54) is 11.3 Å². The van der Waals surface area contributed by atoms with Gasteiger partial charge in [-0.2, -0.15) is 0 Å². The molecule has 2 rings (SSSR count). The SMILES string of the molecule is COCC(C)(NC(=O)c1cscn1)c1ccccc1. The molecule has 1 unspecified atom stereocenters. The quantitative estimate of drug-likeness (QED) is 0.912. The fraction of sp³-hybridized carbons (Fsp3) is 0.286. The van der Waals surface area contributed by atoms with E-state index >= 15 is 0 Å². The van der Waals surface area contributed by atoms with Crippen molar-refractivity contribution < 1.29 is 9.53 Å². The van der Waals surface area contributed by atoms with Crippen LogP contribution in [-0.4, -0.2) is 24.6 Å². The number of aromatic nitrogens is 1. The molecule has 0 fully saturated rings. The summed E-state index contributed by atoms with van der Waals surface area (Å²) in [5.41, 5.74) is 2.51. The van der Waals surface area contributed by atoms with Crippen LogP contribution >= 0.6 is 11.3 Å². The normalized spacial score (nSPS) is 13.8. The van der Waals surface area contributed by atoms with Crippen molar-refractivity contribution in [1.29, 1.82) is 0 Å². The molecule has 0 saturated heterocycles. The second kappa shape index (κ2) is 5.95. The largest absolute Gasteiger partial charge is 0.382 e. The topological polar surface area (TPSA) is 51.2 Å². The molecular formula is C14H16N2O2S. The summed E-state index contributed by atoms with van der Waals surface area (Å²) in [6.07, 6.45) is 0. The Morgan fingerprint density at radius 2 is 2.16 bits per heavy atom. The van der Waals surface area contributed by atoms with Crippen molar-refractivity contribution in [2.75, 3.05) is 13.7 Å². The van der Waals surface area contributed by atoms with Gasteiger partial charge in [-0.15, -0.1) is 11.3 Å². The molecular weight excluding hydrogens is 260 g/mol. The number of hydrogen-bond donors (Lipinski definition) is 1. The van der Waals surface area contributed by atoms with E-state index in [1.807, 2.05) is 37.3 Å². The van der Waals surface area contributed by atoms with E-state index in [-0.39, 0.29) is 5.91 Å². The van der Waals surface area contributed by atoms with E-state index in [1.54, 1.807) is 18.0 Å². The van der Waals surface area contributed by atoms with Crippen molar-refractivity contribution in [2.24, 2.45) is 0 Å². The molecule has 1 aromatic heterocycles. The van der Waals surface area contributed by atoms with Crippen LogP contribution in [0, 0.1) is 0 Å². The smallest absolute Gasteiger partial charge is 0.271 e. The molecule has 1 heterocycles. The van der Waals surface area contributed by atoms with E-state index < -0.39 is 5.54 Å². The Balaban J connectivity index is 2.23. The van der Waals surface area contributed by atoms with E-state index in [4.69, 9.17) is 4.74 Å². The van der Waals surface area contributed by atoms with Crippen molar-refractivity contribution in [2.45, 2.75) is 12.5 Å². The molecule has 100 valence electrons. The molecule has 0 aliphatic carbocycles. The van der Waals surface area contributed by atoms with Crippen molar-refractivity contribution in [3.05, 3.63) is 52.5 Å². The van der Waals surface area contributed by atoms with Gasteiger partial charge in [0.05, 0.1) is 17.7 Å². The molecule has 0 spiro atoms. The van der Waals surface area contributed by atoms with Gasteiger partial charge in [-0.25, -0.2) is 4.98 Å². The fourth-order valence-corrected chi connectivity index (χ4v) is 2.46. The molecule has 1 aromatic carbocycles. The highest BCUT2D eigenvalue weighted by Gasteiger charge is 2.29. The van der Waals surface area contributed by atoms with Crippen LogP contribution < -0.4 is 5.32 Å². The predicted octanol–water partition coefficient (Wildman–Crippen LogP) is 2.43. The van der Waals surface area contributed by atoms with E-state index in [0.29, 0.717) is 12.3 Å². The first-order valence-electron chi connectivity index (χ1n) is 5.91. The average molecular weight is 276 g/mol. The summed E-state index contributed by atoms with van der Waals surface area (Å²) in [5.74, 6) is -0.190. The summed E-state index contributed by atoms with van der Waals surface area (Å²) in [6, 6.07) is 9.77. The van der Waals surface area contributed by atoms with Crippen LogP contribution in [0.1, 0.15) is 23.0 Å². The highest BCUT2D eigenvalue weighted by molar-refractivity contribution is 7.07. The Hall–Kier alpha value is -1.72. The molecule has 5 heteroatoms. The lowest BCUT2D eigenvalue weighted by molar-refractivity contribution is 0.0782. The number of carbonyl (C=O) groups is 1. The van der Waals surface area contributed by atoms with Gasteiger partial charge >= 0.3 is 0 Å². The maximum absolute atomic E-state index is 12.1. The lowest BCUT2D eigenvalue weighted by atomic mass is 9.92. The summed E-state index contributed by atoms with van der Waals surface area (Å²) in [5, 5.41) is 4.72. The average Bonchev–Trinajstić information content (AvgIpc) is 2.94. The molecule has 1 amide bonds. The van der Waals surface area contributed by atoms with Crippen LogP contribution in [0.15, 0.2) is 41.2 Å². The van der Waals surface area contributed by atoms with Crippen LogP contribution in [0.25, 0.3) is 0 Å². The van der Waals surface area contributed by atoms with Crippen LogP contribution in [0.4, 0.5) is 0 Å². The number of nitrogens with zero attached hydrogens (tertiary/aromatic N) is 1. The van der Waals surface area contributed by atoms with E-state index in [2.05, 4.69) is 10.3 Å². The van der Waals surface area contributed by atoms with Crippen LogP contribution in [0.3, 0.4) is 0 Å². The number of hydrogen-bond acceptors (Lipinski definition) is 4. The second-order valence-electron chi connectivity index (χ2n) is 4.46. The van der Waals surface area contributed by atoms with Gasteiger partial charge in [0.2, 0.25) is 0 Å². The van der Waals surface area contributed by atoms with E-state index in [0.717, 1.165) is 5.56 Å². The molecule has 0 aliphatic rings. The lowest BCUT2D eigenvalue weighted by Crippen LogP contribution is -2.46. The second-order valence-corrected chi connectivity index (χ2v) is 5.18. The zero-order valence-electron chi connectivity index (χ0n) is 10.9. The monoisotopic (exact) mass is 276 g/mol. The Bertz CT molecular complexity index is 528. The fourth-order valence-electron chi connectivity index (χ4n) is 1.93. The van der Waals surface area contributed by atoms with Crippen molar-refractivity contribution in [1.82, 2.24) is 10.3 Å². The van der Waals surface area contributed by atoms with Crippen LogP contribution in [-0.2, 0) is 10.3 Å². The molecule has 1 N–H and O–H groups in total. The summed E-state index contributed by atoms with van der Waals surface area (Å²) in [4.78, 5) is 16.2. The van der Waals surface area contributed by atoms with Crippen molar-refractivity contribution in [3.8, 4) is 0 Å². The van der Waals surface area contributed by atoms with Crippen LogP contribution in [0.2, 0.25) is 0 Å². The maximum atomic E-state index is 12.1. The third kappa shape index (κ3) is 3.19. The molecule has 4 nitrogen and oxygen atoms in total. The number of methoxy groups -OCH3 is 1. The number of benzene rings is 1. The molecule has 1 atom stereocenters. The molecule has 0 radical (unpaired) electrons. The number of amides is 1. The summed E-state index contributed by atoms with van der Waals surface area (Å²) in [7, 11) is 1.62. The van der Waals surface area contributed by atoms with Gasteiger partial charge in [-0.3, -0.25) is 4.79 Å². The Morgan fingerprint density at radius 3 is 2.74 bits per heavy atom. The number of thiazole rings is 1. The minimum absolute atomic E-state index is 0.190. The highest BCUT2D eigenvalue weighted by Crippen LogP contribution is 2.21. The third-order valence-electron chi connectivity index (χ3n) is 2.90. The Labute approximate surface area is 116 Å². The molecule has 2 aromatic rings. The first-order valence-corrected chi connectivity index (χ1v) is 6.85. The maximum Gasteiger partial charge on any atom is 0.271 e. The van der Waals surface area contributed by atoms with E-state index in [9.17, 15) is 4.79 Å². The van der Waals surface area contributed by atoms with Gasteiger partial charge in [0.25, 0.3) is 5.91 Å². The Morgan fingerprint density at radius 1 is 1.42 bits per heavy atom. The first kappa shape index (κ1) is 13.7. The summed E-state index contributed by atoms with van der Waals surface area (Å²) >= 11 is 1.40. The van der Waals surface area contributed by atoms with Gasteiger partial charge in [0, 0.05) is 12.5 Å². The predicted molar refractivity (Wildman–Crippen MR) is 75.3 cm³/mol. The zero-order chi connectivity index (χ0) is 13.7. The molecule has 0 bridgehead atoms. The summed E-state index contributed by atoms with van der Waals surface area (Å²) in [6.45, 7) is 2.34. The molecule has 0 aliphatic heterocycles. The number of nitrogens with one attached hydrogen (secondary N) is 1. The molecule has 19 heavy (non-hydrogen) atoms. The van der Waals surface area contributed by atoms with Crippen molar-refractivity contribution >= 4 is 17.2 Å². The van der Waals surface area contributed by atoms with Crippen LogP contribution in [0.5, 0.6) is 0 Å². The first-order chi connectivity index (χ1) is 9.15. The number of carbonyl (C=O) groups excluding carboxylic acids is 1. The van der Waals surface area contributed by atoms with Gasteiger partial charge in [0.15, 0.2) is 0 Å². The number of rotatable bonds is 5. The minimum Gasteiger partial charge on any atom is -0.382 e.